The Morgan fingerprint density at radius 1 is 1.35 bits per heavy atom. The van der Waals surface area contributed by atoms with Crippen molar-refractivity contribution in [2.24, 2.45) is 0 Å². The van der Waals surface area contributed by atoms with Gasteiger partial charge in [-0.25, -0.2) is 0 Å². The molecule has 1 unspecified atom stereocenters. The average Bonchev–Trinajstić information content (AvgIpc) is 2.79. The molecule has 17 heavy (non-hydrogen) atoms. The van der Waals surface area contributed by atoms with Crippen molar-refractivity contribution in [2.45, 2.75) is 18.4 Å². The lowest BCUT2D eigenvalue weighted by Crippen LogP contribution is -2.50. The molecule has 0 aliphatic carbocycles. The first-order chi connectivity index (χ1) is 8.18. The maximum Gasteiger partial charge on any atom is 0.122 e. The number of hydrogen-bond acceptors (Lipinski definition) is 4. The Balaban J connectivity index is 1.98. The van der Waals surface area contributed by atoms with Gasteiger partial charge in [0.1, 0.15) is 5.75 Å². The van der Waals surface area contributed by atoms with E-state index in [4.69, 9.17) is 4.74 Å². The molecular formula is C13H19NO3. The number of para-hydroxylation sites is 1. The van der Waals surface area contributed by atoms with Gasteiger partial charge in [0.25, 0.3) is 0 Å². The second kappa shape index (κ2) is 5.04. The Kier molecular flexibility index (Phi) is 3.66. The molecule has 1 aromatic rings. The largest absolute Gasteiger partial charge is 0.493 e. The van der Waals surface area contributed by atoms with Crippen LogP contribution in [0.25, 0.3) is 0 Å². The molecule has 0 amide bonds. The Morgan fingerprint density at radius 3 is 2.76 bits per heavy atom. The van der Waals surface area contributed by atoms with Crippen molar-refractivity contribution in [2.75, 3.05) is 26.4 Å². The van der Waals surface area contributed by atoms with E-state index in [1.54, 1.807) is 6.92 Å². The predicted molar refractivity (Wildman–Crippen MR) is 65.3 cm³/mol. The molecule has 0 fully saturated rings. The van der Waals surface area contributed by atoms with Crippen LogP contribution in [0.15, 0.2) is 24.3 Å². The second-order valence-electron chi connectivity index (χ2n) is 4.80. The fraction of sp³-hybridized carbons (Fsp3) is 0.538. The van der Waals surface area contributed by atoms with Crippen molar-refractivity contribution in [1.82, 2.24) is 5.32 Å². The summed E-state index contributed by atoms with van der Waals surface area (Å²) in [5.74, 6) is 1.22. The van der Waals surface area contributed by atoms with Crippen molar-refractivity contribution in [3.63, 3.8) is 0 Å². The minimum absolute atomic E-state index is 0.0846. The van der Waals surface area contributed by atoms with E-state index in [9.17, 15) is 10.2 Å². The molecule has 0 bridgehead atoms. The van der Waals surface area contributed by atoms with Gasteiger partial charge in [0.2, 0.25) is 0 Å². The third-order valence-electron chi connectivity index (χ3n) is 3.27. The van der Waals surface area contributed by atoms with E-state index in [-0.39, 0.29) is 19.1 Å². The Labute approximate surface area is 101 Å². The molecule has 1 atom stereocenters. The van der Waals surface area contributed by atoms with E-state index in [1.165, 1.54) is 5.56 Å². The zero-order valence-electron chi connectivity index (χ0n) is 10.0. The lowest BCUT2D eigenvalue weighted by atomic mass is 9.98. The van der Waals surface area contributed by atoms with E-state index >= 15 is 0 Å². The highest BCUT2D eigenvalue weighted by atomic mass is 16.5. The van der Waals surface area contributed by atoms with Crippen molar-refractivity contribution < 1.29 is 14.9 Å². The van der Waals surface area contributed by atoms with E-state index in [2.05, 4.69) is 11.4 Å². The zero-order chi connectivity index (χ0) is 12.3. The molecule has 2 rings (SSSR count). The highest BCUT2D eigenvalue weighted by Crippen LogP contribution is 2.33. The summed E-state index contributed by atoms with van der Waals surface area (Å²) in [6, 6.07) is 7.98. The highest BCUT2D eigenvalue weighted by molar-refractivity contribution is 5.39. The van der Waals surface area contributed by atoms with Crippen LogP contribution in [0.1, 0.15) is 18.4 Å². The molecule has 0 radical (unpaired) electrons. The summed E-state index contributed by atoms with van der Waals surface area (Å²) in [6.07, 6.45) is 0. The van der Waals surface area contributed by atoms with Gasteiger partial charge in [-0.1, -0.05) is 18.2 Å². The topological polar surface area (TPSA) is 61.7 Å². The maximum absolute atomic E-state index is 9.20. The molecule has 0 spiro atoms. The first kappa shape index (κ1) is 12.4. The minimum atomic E-state index is -0.627. The van der Waals surface area contributed by atoms with Crippen LogP contribution in [0.2, 0.25) is 0 Å². The van der Waals surface area contributed by atoms with Gasteiger partial charge in [0.15, 0.2) is 0 Å². The lowest BCUT2D eigenvalue weighted by molar-refractivity contribution is 0.102. The van der Waals surface area contributed by atoms with E-state index in [0.29, 0.717) is 13.2 Å². The van der Waals surface area contributed by atoms with E-state index < -0.39 is 5.54 Å². The molecule has 1 heterocycles. The highest BCUT2D eigenvalue weighted by Gasteiger charge is 2.27. The smallest absolute Gasteiger partial charge is 0.122 e. The van der Waals surface area contributed by atoms with Crippen LogP contribution in [-0.4, -0.2) is 42.1 Å². The van der Waals surface area contributed by atoms with Crippen LogP contribution in [-0.2, 0) is 0 Å². The standard InChI is InChI=1S/C13H19NO3/c1-13(8-15,9-16)14-6-10-7-17-12-5-3-2-4-11(10)12/h2-5,10,14-16H,6-9H2,1H3. The summed E-state index contributed by atoms with van der Waals surface area (Å²) in [5.41, 5.74) is 0.565. The average molecular weight is 237 g/mol. The normalized spacial score (nSPS) is 18.9. The van der Waals surface area contributed by atoms with Gasteiger partial charge in [-0.15, -0.1) is 0 Å². The summed E-state index contributed by atoms with van der Waals surface area (Å²) in [6.45, 7) is 2.97. The van der Waals surface area contributed by atoms with E-state index in [1.807, 2.05) is 18.2 Å². The predicted octanol–water partition coefficient (Wildman–Crippen LogP) is 0.495. The molecule has 1 aromatic carbocycles. The number of hydrogen-bond donors (Lipinski definition) is 3. The first-order valence-electron chi connectivity index (χ1n) is 5.87. The van der Waals surface area contributed by atoms with Crippen LogP contribution in [0.4, 0.5) is 0 Å². The fourth-order valence-corrected chi connectivity index (χ4v) is 1.93. The third-order valence-corrected chi connectivity index (χ3v) is 3.27. The SMILES string of the molecule is CC(CO)(CO)NCC1COc2ccccc21. The van der Waals surface area contributed by atoms with Crippen molar-refractivity contribution >= 4 is 0 Å². The molecule has 3 N–H and O–H groups in total. The van der Waals surface area contributed by atoms with Gasteiger partial charge in [0, 0.05) is 18.0 Å². The molecule has 4 nitrogen and oxygen atoms in total. The molecule has 94 valence electrons. The number of benzene rings is 1. The minimum Gasteiger partial charge on any atom is -0.493 e. The summed E-state index contributed by atoms with van der Waals surface area (Å²) in [7, 11) is 0. The van der Waals surface area contributed by atoms with Crippen molar-refractivity contribution in [3.8, 4) is 5.75 Å². The first-order valence-corrected chi connectivity index (χ1v) is 5.87. The van der Waals surface area contributed by atoms with Crippen LogP contribution < -0.4 is 10.1 Å². The number of aliphatic hydroxyl groups excluding tert-OH is 2. The molecular weight excluding hydrogens is 218 g/mol. The van der Waals surface area contributed by atoms with Gasteiger partial charge < -0.3 is 20.3 Å². The summed E-state index contributed by atoms with van der Waals surface area (Å²) >= 11 is 0. The number of fused-ring (bicyclic) bond motifs is 1. The summed E-state index contributed by atoms with van der Waals surface area (Å²) in [4.78, 5) is 0. The molecule has 0 saturated heterocycles. The second-order valence-corrected chi connectivity index (χ2v) is 4.80. The Morgan fingerprint density at radius 2 is 2.06 bits per heavy atom. The third kappa shape index (κ3) is 2.60. The van der Waals surface area contributed by atoms with E-state index in [0.717, 1.165) is 5.75 Å². The van der Waals surface area contributed by atoms with Crippen LogP contribution in [0, 0.1) is 0 Å². The molecule has 0 saturated carbocycles. The van der Waals surface area contributed by atoms with Crippen molar-refractivity contribution in [3.05, 3.63) is 29.8 Å². The van der Waals surface area contributed by atoms with Crippen LogP contribution in [0.3, 0.4) is 0 Å². The molecule has 4 heteroatoms. The quantitative estimate of drug-likeness (QED) is 0.697. The monoisotopic (exact) mass is 237 g/mol. The molecule has 0 aromatic heterocycles. The number of aliphatic hydroxyl groups is 2. The number of nitrogens with one attached hydrogen (secondary N) is 1. The number of rotatable bonds is 5. The van der Waals surface area contributed by atoms with Gasteiger partial charge in [-0.3, -0.25) is 0 Å². The Hall–Kier alpha value is -1.10. The van der Waals surface area contributed by atoms with Gasteiger partial charge in [-0.05, 0) is 13.0 Å². The lowest BCUT2D eigenvalue weighted by Gasteiger charge is -2.27. The molecule has 1 aliphatic heterocycles. The van der Waals surface area contributed by atoms with Crippen molar-refractivity contribution in [1.29, 1.82) is 0 Å². The van der Waals surface area contributed by atoms with Gasteiger partial charge in [0.05, 0.1) is 25.4 Å². The molecule has 1 aliphatic rings. The summed E-state index contributed by atoms with van der Waals surface area (Å²) < 4.78 is 5.58. The number of ether oxygens (including phenoxy) is 1. The van der Waals surface area contributed by atoms with Crippen LogP contribution in [0.5, 0.6) is 5.75 Å². The van der Waals surface area contributed by atoms with Gasteiger partial charge >= 0.3 is 0 Å². The fourth-order valence-electron chi connectivity index (χ4n) is 1.93. The Bertz CT molecular complexity index is 377. The van der Waals surface area contributed by atoms with Crippen LogP contribution >= 0.6 is 0 Å². The summed E-state index contributed by atoms with van der Waals surface area (Å²) in [5, 5.41) is 21.6. The maximum atomic E-state index is 9.20. The van der Waals surface area contributed by atoms with Gasteiger partial charge in [-0.2, -0.15) is 0 Å². The zero-order valence-corrected chi connectivity index (χ0v) is 10.0.